The average Bonchev–Trinajstić information content (AvgIpc) is 3.00. The van der Waals surface area contributed by atoms with Crippen LogP contribution in [0.25, 0.3) is 5.69 Å². The number of hydrogen-bond donors (Lipinski definition) is 1. The van der Waals surface area contributed by atoms with Gasteiger partial charge in [-0.3, -0.25) is 4.79 Å². The second-order valence-electron chi connectivity index (χ2n) is 6.12. The maximum Gasteiger partial charge on any atom is 0.272 e. The molecule has 1 atom stereocenters. The lowest BCUT2D eigenvalue weighted by molar-refractivity contribution is 0.0934. The largest absolute Gasteiger partial charge is 0.348 e. The molecule has 0 saturated carbocycles. The zero-order valence-electron chi connectivity index (χ0n) is 14.2. The van der Waals surface area contributed by atoms with E-state index >= 15 is 0 Å². The summed E-state index contributed by atoms with van der Waals surface area (Å²) in [6.45, 7) is 3.95. The molecule has 25 heavy (non-hydrogen) atoms. The number of rotatable bonds is 5. The van der Waals surface area contributed by atoms with E-state index < -0.39 is 0 Å². The summed E-state index contributed by atoms with van der Waals surface area (Å²) in [5.74, 6) is -0.151. The summed E-state index contributed by atoms with van der Waals surface area (Å²) in [5.41, 5.74) is 3.49. The van der Waals surface area contributed by atoms with E-state index in [1.165, 1.54) is 5.56 Å². The van der Waals surface area contributed by atoms with E-state index in [0.29, 0.717) is 5.69 Å². The second-order valence-corrected chi connectivity index (χ2v) is 7.04. The molecule has 0 fully saturated rings. The maximum absolute atomic E-state index is 12.5. The second kappa shape index (κ2) is 7.66. The van der Waals surface area contributed by atoms with Crippen molar-refractivity contribution in [3.63, 3.8) is 0 Å². The highest BCUT2D eigenvalue weighted by Gasteiger charge is 2.15. The van der Waals surface area contributed by atoms with Gasteiger partial charge in [0.25, 0.3) is 5.91 Å². The van der Waals surface area contributed by atoms with Crippen LogP contribution >= 0.6 is 15.9 Å². The van der Waals surface area contributed by atoms with Gasteiger partial charge in [-0.1, -0.05) is 46.3 Å². The number of nitrogens with zero attached hydrogens (tertiary/aromatic N) is 2. The van der Waals surface area contributed by atoms with Gasteiger partial charge in [0.05, 0.1) is 5.69 Å². The standard InChI is InChI=1S/C20H20BrN3O/c1-14(12-16-8-10-17(21)11-9-16)22-20(25)19-13-15(2)24(23-19)18-6-4-3-5-7-18/h3-11,13-14H,12H2,1-2H3,(H,22,25). The zero-order chi connectivity index (χ0) is 17.8. The molecule has 1 unspecified atom stereocenters. The summed E-state index contributed by atoms with van der Waals surface area (Å²) >= 11 is 3.43. The van der Waals surface area contributed by atoms with Crippen molar-refractivity contribution in [3.8, 4) is 5.69 Å². The SMILES string of the molecule is Cc1cc(C(=O)NC(C)Cc2ccc(Br)cc2)nn1-c1ccccc1. The molecule has 0 saturated heterocycles. The Hall–Kier alpha value is -2.40. The monoisotopic (exact) mass is 397 g/mol. The number of hydrogen-bond acceptors (Lipinski definition) is 2. The molecule has 3 rings (SSSR count). The van der Waals surface area contributed by atoms with E-state index in [2.05, 4.69) is 38.5 Å². The van der Waals surface area contributed by atoms with Crippen LogP contribution in [0.5, 0.6) is 0 Å². The topological polar surface area (TPSA) is 46.9 Å². The third kappa shape index (κ3) is 4.37. The van der Waals surface area contributed by atoms with E-state index in [9.17, 15) is 4.79 Å². The Morgan fingerprint density at radius 3 is 2.52 bits per heavy atom. The third-order valence-corrected chi connectivity index (χ3v) is 4.48. The molecule has 2 aromatic carbocycles. The van der Waals surface area contributed by atoms with Gasteiger partial charge in [0.1, 0.15) is 0 Å². The molecule has 1 amide bonds. The van der Waals surface area contributed by atoms with Crippen molar-refractivity contribution < 1.29 is 4.79 Å². The smallest absolute Gasteiger partial charge is 0.272 e. The normalized spacial score (nSPS) is 12.0. The number of carbonyl (C=O) groups excluding carboxylic acids is 1. The van der Waals surface area contributed by atoms with Crippen LogP contribution in [0.1, 0.15) is 28.7 Å². The first kappa shape index (κ1) is 17.4. The summed E-state index contributed by atoms with van der Waals surface area (Å²) < 4.78 is 2.84. The molecule has 0 aliphatic carbocycles. The van der Waals surface area contributed by atoms with E-state index in [0.717, 1.165) is 22.3 Å². The minimum atomic E-state index is -0.151. The van der Waals surface area contributed by atoms with Gasteiger partial charge in [0.15, 0.2) is 5.69 Å². The van der Waals surface area contributed by atoms with Crippen molar-refractivity contribution in [3.05, 3.63) is 82.1 Å². The summed E-state index contributed by atoms with van der Waals surface area (Å²) in [6.07, 6.45) is 0.775. The first-order valence-corrected chi connectivity index (χ1v) is 8.99. The fourth-order valence-corrected chi connectivity index (χ4v) is 3.00. The molecular formula is C20H20BrN3O. The third-order valence-electron chi connectivity index (χ3n) is 3.95. The zero-order valence-corrected chi connectivity index (χ0v) is 15.8. The van der Waals surface area contributed by atoms with Crippen LogP contribution in [0.4, 0.5) is 0 Å². The first-order valence-electron chi connectivity index (χ1n) is 8.20. The Morgan fingerprint density at radius 1 is 1.16 bits per heavy atom. The summed E-state index contributed by atoms with van der Waals surface area (Å²) in [6, 6.07) is 19.8. The maximum atomic E-state index is 12.5. The van der Waals surface area contributed by atoms with Crippen molar-refractivity contribution >= 4 is 21.8 Å². The Balaban J connectivity index is 1.68. The molecule has 0 aliphatic rings. The van der Waals surface area contributed by atoms with Gasteiger partial charge in [-0.15, -0.1) is 0 Å². The first-order chi connectivity index (χ1) is 12.0. The number of benzene rings is 2. The van der Waals surface area contributed by atoms with Crippen LogP contribution in [0.3, 0.4) is 0 Å². The van der Waals surface area contributed by atoms with E-state index in [1.54, 1.807) is 4.68 Å². The van der Waals surface area contributed by atoms with Crippen LogP contribution < -0.4 is 5.32 Å². The fourth-order valence-electron chi connectivity index (χ4n) is 2.74. The van der Waals surface area contributed by atoms with Gasteiger partial charge < -0.3 is 5.32 Å². The van der Waals surface area contributed by atoms with E-state index in [-0.39, 0.29) is 11.9 Å². The predicted molar refractivity (Wildman–Crippen MR) is 103 cm³/mol. The van der Waals surface area contributed by atoms with Crippen molar-refractivity contribution in [1.82, 2.24) is 15.1 Å². The minimum absolute atomic E-state index is 0.0239. The minimum Gasteiger partial charge on any atom is -0.348 e. The van der Waals surface area contributed by atoms with Crippen LogP contribution in [0.2, 0.25) is 0 Å². The number of carbonyl (C=O) groups is 1. The van der Waals surface area contributed by atoms with Gasteiger partial charge >= 0.3 is 0 Å². The molecule has 4 nitrogen and oxygen atoms in total. The number of amides is 1. The number of para-hydroxylation sites is 1. The summed E-state index contributed by atoms with van der Waals surface area (Å²) in [7, 11) is 0. The van der Waals surface area contributed by atoms with Crippen LogP contribution in [-0.4, -0.2) is 21.7 Å². The lowest BCUT2D eigenvalue weighted by atomic mass is 10.1. The molecule has 3 aromatic rings. The Kier molecular flexibility index (Phi) is 5.34. The van der Waals surface area contributed by atoms with Gasteiger partial charge in [0.2, 0.25) is 0 Å². The molecule has 0 spiro atoms. The van der Waals surface area contributed by atoms with Crippen LogP contribution in [-0.2, 0) is 6.42 Å². The van der Waals surface area contributed by atoms with Gasteiger partial charge in [-0.25, -0.2) is 4.68 Å². The van der Waals surface area contributed by atoms with Crippen LogP contribution in [0.15, 0.2) is 65.1 Å². The predicted octanol–water partition coefficient (Wildman–Crippen LogP) is 4.30. The number of aryl methyl sites for hydroxylation is 1. The highest BCUT2D eigenvalue weighted by atomic mass is 79.9. The quantitative estimate of drug-likeness (QED) is 0.697. The van der Waals surface area contributed by atoms with Crippen molar-refractivity contribution in [1.29, 1.82) is 0 Å². The molecule has 128 valence electrons. The van der Waals surface area contributed by atoms with Gasteiger partial charge in [-0.2, -0.15) is 5.10 Å². The molecule has 0 radical (unpaired) electrons. The molecule has 5 heteroatoms. The molecule has 1 N–H and O–H groups in total. The van der Waals surface area contributed by atoms with Gasteiger partial charge in [-0.05, 0) is 56.2 Å². The van der Waals surface area contributed by atoms with E-state index in [1.807, 2.05) is 62.4 Å². The lowest BCUT2D eigenvalue weighted by Crippen LogP contribution is -2.34. The molecule has 1 heterocycles. The average molecular weight is 398 g/mol. The van der Waals surface area contributed by atoms with Crippen molar-refractivity contribution in [2.75, 3.05) is 0 Å². The lowest BCUT2D eigenvalue weighted by Gasteiger charge is -2.13. The Morgan fingerprint density at radius 2 is 1.84 bits per heavy atom. The molecule has 0 aliphatic heterocycles. The highest BCUT2D eigenvalue weighted by Crippen LogP contribution is 2.13. The van der Waals surface area contributed by atoms with Crippen molar-refractivity contribution in [2.24, 2.45) is 0 Å². The summed E-state index contributed by atoms with van der Waals surface area (Å²) in [4.78, 5) is 12.5. The van der Waals surface area contributed by atoms with Crippen molar-refractivity contribution in [2.45, 2.75) is 26.3 Å². The Bertz CT molecular complexity index is 856. The summed E-state index contributed by atoms with van der Waals surface area (Å²) in [5, 5.41) is 7.47. The number of halogens is 1. The van der Waals surface area contributed by atoms with E-state index in [4.69, 9.17) is 0 Å². The number of aromatic nitrogens is 2. The fraction of sp³-hybridized carbons (Fsp3) is 0.200. The van der Waals surface area contributed by atoms with Crippen LogP contribution in [0, 0.1) is 6.92 Å². The molecular weight excluding hydrogens is 378 g/mol. The molecule has 1 aromatic heterocycles. The highest BCUT2D eigenvalue weighted by molar-refractivity contribution is 9.10. The number of nitrogens with one attached hydrogen (secondary N) is 1. The molecule has 0 bridgehead atoms. The van der Waals surface area contributed by atoms with Gasteiger partial charge in [0, 0.05) is 16.2 Å². The Labute approximate surface area is 156 Å².